The number of carbonyl (C=O) groups is 1. The van der Waals surface area contributed by atoms with E-state index in [1.807, 2.05) is 13.0 Å². The number of rotatable bonds is 2. The number of aryl methyl sites for hydroxylation is 1. The zero-order valence-electron chi connectivity index (χ0n) is 9.16. The first-order valence-electron chi connectivity index (χ1n) is 5.38. The van der Waals surface area contributed by atoms with Gasteiger partial charge in [-0.1, -0.05) is 0 Å². The molecule has 1 amide bonds. The third-order valence-electron chi connectivity index (χ3n) is 2.74. The third-order valence-corrected chi connectivity index (χ3v) is 4.27. The van der Waals surface area contributed by atoms with Crippen molar-refractivity contribution < 1.29 is 4.79 Å². The van der Waals surface area contributed by atoms with Gasteiger partial charge in [0, 0.05) is 11.3 Å². The van der Waals surface area contributed by atoms with Gasteiger partial charge in [-0.2, -0.15) is 0 Å². The fourth-order valence-electron chi connectivity index (χ4n) is 1.65. The van der Waals surface area contributed by atoms with E-state index in [1.54, 1.807) is 11.3 Å². The van der Waals surface area contributed by atoms with Crippen molar-refractivity contribution in [2.24, 2.45) is 5.92 Å². The monoisotopic (exact) mass is 311 g/mol. The number of fused-ring (bicyclic) bond motifs is 1. The summed E-state index contributed by atoms with van der Waals surface area (Å²) < 4.78 is 1.02. The van der Waals surface area contributed by atoms with Crippen LogP contribution in [-0.2, 0) is 4.79 Å². The van der Waals surface area contributed by atoms with Gasteiger partial charge in [0.25, 0.3) is 0 Å². The molecule has 0 aliphatic heterocycles. The molecule has 0 radical (unpaired) electrons. The molecule has 1 N–H and O–H groups in total. The number of hydrogen-bond donors (Lipinski definition) is 1. The molecular formula is C11H10BrN3OS. The fraction of sp³-hybridized carbons (Fsp3) is 0.364. The van der Waals surface area contributed by atoms with Crippen LogP contribution in [0.1, 0.15) is 18.5 Å². The van der Waals surface area contributed by atoms with Gasteiger partial charge < -0.3 is 0 Å². The molecule has 88 valence electrons. The lowest BCUT2D eigenvalue weighted by atomic mass is 10.3. The number of halogens is 1. The quantitative estimate of drug-likeness (QED) is 0.927. The van der Waals surface area contributed by atoms with Crippen molar-refractivity contribution >= 4 is 49.3 Å². The molecule has 6 heteroatoms. The van der Waals surface area contributed by atoms with E-state index in [-0.39, 0.29) is 11.8 Å². The van der Waals surface area contributed by atoms with E-state index in [0.717, 1.165) is 32.5 Å². The Hall–Kier alpha value is -1.01. The Morgan fingerprint density at radius 1 is 1.53 bits per heavy atom. The predicted octanol–water partition coefficient (Wildman–Crippen LogP) is 3.11. The van der Waals surface area contributed by atoms with E-state index in [9.17, 15) is 4.79 Å². The van der Waals surface area contributed by atoms with Crippen LogP contribution in [0, 0.1) is 12.8 Å². The zero-order chi connectivity index (χ0) is 12.0. The maximum Gasteiger partial charge on any atom is 0.231 e. The Morgan fingerprint density at radius 3 is 3.00 bits per heavy atom. The van der Waals surface area contributed by atoms with Crippen LogP contribution in [-0.4, -0.2) is 15.9 Å². The Balaban J connectivity index is 1.96. The first-order chi connectivity index (χ1) is 8.13. The summed E-state index contributed by atoms with van der Waals surface area (Å²) in [7, 11) is 0. The molecule has 1 fully saturated rings. The first kappa shape index (κ1) is 11.1. The van der Waals surface area contributed by atoms with Gasteiger partial charge in [-0.05, 0) is 41.8 Å². The highest BCUT2D eigenvalue weighted by Gasteiger charge is 2.30. The van der Waals surface area contributed by atoms with Gasteiger partial charge >= 0.3 is 0 Å². The average Bonchev–Trinajstić information content (AvgIpc) is 3.02. The largest absolute Gasteiger partial charge is 0.294 e. The van der Waals surface area contributed by atoms with E-state index in [1.165, 1.54) is 0 Å². The Kier molecular flexibility index (Phi) is 2.63. The summed E-state index contributed by atoms with van der Waals surface area (Å²) in [4.78, 5) is 21.2. The maximum atomic E-state index is 11.6. The molecule has 4 nitrogen and oxygen atoms in total. The van der Waals surface area contributed by atoms with Crippen molar-refractivity contribution in [3.63, 3.8) is 0 Å². The SMILES string of the molecule is Cc1nc(NC(=O)C2CC2)nc2sc(Br)cc12. The molecule has 0 aromatic carbocycles. The third kappa shape index (κ3) is 2.19. The minimum Gasteiger partial charge on any atom is -0.294 e. The minimum absolute atomic E-state index is 0.0411. The second-order valence-electron chi connectivity index (χ2n) is 4.17. The molecule has 0 bridgehead atoms. The highest BCUT2D eigenvalue weighted by atomic mass is 79.9. The van der Waals surface area contributed by atoms with Gasteiger partial charge in [0.15, 0.2) is 0 Å². The molecule has 0 atom stereocenters. The highest BCUT2D eigenvalue weighted by molar-refractivity contribution is 9.11. The number of anilines is 1. The number of nitrogens with one attached hydrogen (secondary N) is 1. The van der Waals surface area contributed by atoms with Gasteiger partial charge in [-0.15, -0.1) is 11.3 Å². The zero-order valence-corrected chi connectivity index (χ0v) is 11.6. The van der Waals surface area contributed by atoms with Crippen molar-refractivity contribution in [2.45, 2.75) is 19.8 Å². The Labute approximate surface area is 111 Å². The lowest BCUT2D eigenvalue weighted by Crippen LogP contribution is -2.15. The second kappa shape index (κ2) is 4.03. The number of amides is 1. The summed E-state index contributed by atoms with van der Waals surface area (Å²) in [5.74, 6) is 0.630. The summed E-state index contributed by atoms with van der Waals surface area (Å²) in [5.41, 5.74) is 0.892. The molecule has 1 aliphatic carbocycles. The summed E-state index contributed by atoms with van der Waals surface area (Å²) in [5, 5.41) is 3.81. The normalized spacial score (nSPS) is 15.2. The number of nitrogens with zero attached hydrogens (tertiary/aromatic N) is 2. The van der Waals surface area contributed by atoms with Crippen molar-refractivity contribution in [3.05, 3.63) is 15.5 Å². The minimum atomic E-state index is 0.0411. The van der Waals surface area contributed by atoms with Gasteiger partial charge in [0.05, 0.1) is 9.48 Å². The summed E-state index contributed by atoms with van der Waals surface area (Å²) in [6.45, 7) is 1.93. The van der Waals surface area contributed by atoms with Gasteiger partial charge in [-0.3, -0.25) is 10.1 Å². The van der Waals surface area contributed by atoms with Crippen molar-refractivity contribution in [1.82, 2.24) is 9.97 Å². The summed E-state index contributed by atoms with van der Waals surface area (Å²) in [6, 6.07) is 2.00. The molecule has 0 spiro atoms. The average molecular weight is 312 g/mol. The maximum absolute atomic E-state index is 11.6. The Morgan fingerprint density at radius 2 is 2.29 bits per heavy atom. The number of aromatic nitrogens is 2. The lowest BCUT2D eigenvalue weighted by Gasteiger charge is -2.03. The predicted molar refractivity (Wildman–Crippen MR) is 71.2 cm³/mol. The molecule has 1 saturated carbocycles. The van der Waals surface area contributed by atoms with Crippen LogP contribution in [0.15, 0.2) is 9.85 Å². The van der Waals surface area contributed by atoms with Crippen LogP contribution < -0.4 is 5.32 Å². The van der Waals surface area contributed by atoms with Gasteiger partial charge in [0.2, 0.25) is 11.9 Å². The van der Waals surface area contributed by atoms with Gasteiger partial charge in [-0.25, -0.2) is 9.97 Å². The van der Waals surface area contributed by atoms with Crippen molar-refractivity contribution in [3.8, 4) is 0 Å². The van der Waals surface area contributed by atoms with E-state index in [4.69, 9.17) is 0 Å². The highest BCUT2D eigenvalue weighted by Crippen LogP contribution is 2.32. The lowest BCUT2D eigenvalue weighted by molar-refractivity contribution is -0.117. The first-order valence-corrected chi connectivity index (χ1v) is 6.99. The number of hydrogen-bond acceptors (Lipinski definition) is 4. The molecule has 3 rings (SSSR count). The molecule has 17 heavy (non-hydrogen) atoms. The molecule has 2 heterocycles. The van der Waals surface area contributed by atoms with Crippen LogP contribution in [0.3, 0.4) is 0 Å². The van der Waals surface area contributed by atoms with E-state index in [2.05, 4.69) is 31.2 Å². The smallest absolute Gasteiger partial charge is 0.231 e. The molecular weight excluding hydrogens is 302 g/mol. The van der Waals surface area contributed by atoms with Crippen LogP contribution in [0.4, 0.5) is 5.95 Å². The van der Waals surface area contributed by atoms with Crippen LogP contribution in [0.2, 0.25) is 0 Å². The second-order valence-corrected chi connectivity index (χ2v) is 6.58. The van der Waals surface area contributed by atoms with Crippen LogP contribution >= 0.6 is 27.3 Å². The van der Waals surface area contributed by atoms with Crippen molar-refractivity contribution in [2.75, 3.05) is 5.32 Å². The number of thiophene rings is 1. The van der Waals surface area contributed by atoms with Crippen LogP contribution in [0.25, 0.3) is 10.2 Å². The fourth-order valence-corrected chi connectivity index (χ4v) is 3.15. The summed E-state index contributed by atoms with van der Waals surface area (Å²) in [6.07, 6.45) is 1.97. The molecule has 2 aromatic heterocycles. The van der Waals surface area contributed by atoms with E-state index in [0.29, 0.717) is 5.95 Å². The van der Waals surface area contributed by atoms with E-state index >= 15 is 0 Å². The summed E-state index contributed by atoms with van der Waals surface area (Å²) >= 11 is 4.98. The molecule has 0 unspecified atom stereocenters. The topological polar surface area (TPSA) is 54.9 Å². The molecule has 0 saturated heterocycles. The molecule has 2 aromatic rings. The standard InChI is InChI=1S/C11H10BrN3OS/c1-5-7-4-8(12)17-10(7)15-11(13-5)14-9(16)6-2-3-6/h4,6H,2-3H2,1H3,(H,13,14,15,16). The van der Waals surface area contributed by atoms with E-state index < -0.39 is 0 Å². The van der Waals surface area contributed by atoms with Gasteiger partial charge in [0.1, 0.15) is 4.83 Å². The van der Waals surface area contributed by atoms with Crippen LogP contribution in [0.5, 0.6) is 0 Å². The number of carbonyl (C=O) groups excluding carboxylic acids is 1. The Bertz CT molecular complexity index is 606. The van der Waals surface area contributed by atoms with Crippen molar-refractivity contribution in [1.29, 1.82) is 0 Å². The molecule has 1 aliphatic rings.